The second kappa shape index (κ2) is 7.98. The van der Waals surface area contributed by atoms with Crippen molar-refractivity contribution in [1.29, 1.82) is 0 Å². The van der Waals surface area contributed by atoms with Crippen molar-refractivity contribution >= 4 is 35.1 Å². The maximum atomic E-state index is 13.0. The number of carbonyl (C=O) groups excluding carboxylic acids is 3. The Morgan fingerprint density at radius 3 is 2.43 bits per heavy atom. The van der Waals surface area contributed by atoms with Gasteiger partial charge in [0.2, 0.25) is 5.91 Å². The predicted octanol–water partition coefficient (Wildman–Crippen LogP) is 4.15. The van der Waals surface area contributed by atoms with E-state index in [0.29, 0.717) is 10.6 Å². The normalized spacial score (nSPS) is 19.0. The molecule has 1 unspecified atom stereocenters. The Morgan fingerprint density at radius 2 is 1.83 bits per heavy atom. The highest BCUT2D eigenvalue weighted by Crippen LogP contribution is 2.33. The first-order chi connectivity index (χ1) is 14.1. The lowest BCUT2D eigenvalue weighted by atomic mass is 9.87. The Bertz CT molecular complexity index is 995. The van der Waals surface area contributed by atoms with Crippen molar-refractivity contribution in [2.45, 2.75) is 25.1 Å². The topological polar surface area (TPSA) is 78.5 Å². The van der Waals surface area contributed by atoms with Crippen molar-refractivity contribution in [3.05, 3.63) is 64.7 Å². The molecule has 0 spiro atoms. The quantitative estimate of drug-likeness (QED) is 0.687. The summed E-state index contributed by atoms with van der Waals surface area (Å²) in [7, 11) is 0. The lowest BCUT2D eigenvalue weighted by Crippen LogP contribution is -2.44. The summed E-state index contributed by atoms with van der Waals surface area (Å²) in [5, 5.41) is 5.36. The molecule has 0 saturated carbocycles. The molecule has 0 aliphatic carbocycles. The monoisotopic (exact) mass is 439 g/mol. The first-order valence-electron chi connectivity index (χ1n) is 8.94. The van der Waals surface area contributed by atoms with E-state index in [-0.39, 0.29) is 12.1 Å². The van der Waals surface area contributed by atoms with Gasteiger partial charge in [-0.05, 0) is 42.3 Å². The highest BCUT2D eigenvalue weighted by Gasteiger charge is 2.51. The number of urea groups is 1. The van der Waals surface area contributed by atoms with E-state index in [0.717, 1.165) is 23.1 Å². The molecule has 0 aromatic heterocycles. The summed E-state index contributed by atoms with van der Waals surface area (Å²) >= 11 is 5.88. The lowest BCUT2D eigenvalue weighted by molar-refractivity contribution is -0.137. The van der Waals surface area contributed by atoms with E-state index in [2.05, 4.69) is 10.6 Å². The molecule has 1 saturated heterocycles. The number of anilines is 1. The van der Waals surface area contributed by atoms with Gasteiger partial charge in [-0.25, -0.2) is 4.79 Å². The second-order valence-electron chi connectivity index (χ2n) is 6.71. The molecule has 2 aromatic rings. The smallest absolute Gasteiger partial charge is 0.325 e. The molecular formula is C20H17ClF3N3O3. The number of rotatable bonds is 5. The number of hydrogen-bond acceptors (Lipinski definition) is 3. The molecule has 0 radical (unpaired) electrons. The van der Waals surface area contributed by atoms with Crippen LogP contribution in [0.25, 0.3) is 0 Å². The summed E-state index contributed by atoms with van der Waals surface area (Å²) in [4.78, 5) is 38.5. The Kier molecular flexibility index (Phi) is 5.76. The Labute approximate surface area is 175 Å². The molecule has 158 valence electrons. The van der Waals surface area contributed by atoms with Gasteiger partial charge in [-0.2, -0.15) is 13.2 Å². The van der Waals surface area contributed by atoms with Gasteiger partial charge >= 0.3 is 12.2 Å². The number of alkyl halides is 3. The zero-order valence-corrected chi connectivity index (χ0v) is 16.5. The molecule has 2 N–H and O–H groups in total. The van der Waals surface area contributed by atoms with Crippen LogP contribution in [0.2, 0.25) is 5.02 Å². The van der Waals surface area contributed by atoms with Gasteiger partial charge in [-0.3, -0.25) is 14.5 Å². The second-order valence-corrected chi connectivity index (χ2v) is 7.15. The zero-order valence-electron chi connectivity index (χ0n) is 15.7. The number of nitrogens with zero attached hydrogens (tertiary/aromatic N) is 1. The summed E-state index contributed by atoms with van der Waals surface area (Å²) < 4.78 is 38.5. The van der Waals surface area contributed by atoms with Crippen LogP contribution in [0.1, 0.15) is 24.5 Å². The van der Waals surface area contributed by atoms with Gasteiger partial charge < -0.3 is 10.6 Å². The number of amides is 4. The Hall–Kier alpha value is -3.07. The average molecular weight is 440 g/mol. The van der Waals surface area contributed by atoms with Crippen LogP contribution in [0.5, 0.6) is 0 Å². The van der Waals surface area contributed by atoms with Gasteiger partial charge in [-0.1, -0.05) is 36.7 Å². The first-order valence-corrected chi connectivity index (χ1v) is 9.32. The minimum Gasteiger partial charge on any atom is -0.325 e. The molecule has 30 heavy (non-hydrogen) atoms. The van der Waals surface area contributed by atoms with E-state index in [9.17, 15) is 27.6 Å². The van der Waals surface area contributed by atoms with Crippen molar-refractivity contribution in [2.24, 2.45) is 0 Å². The summed E-state index contributed by atoms with van der Waals surface area (Å²) in [6.07, 6.45) is -4.34. The van der Waals surface area contributed by atoms with Crippen molar-refractivity contribution < 1.29 is 27.6 Å². The van der Waals surface area contributed by atoms with E-state index in [1.54, 1.807) is 31.2 Å². The van der Waals surface area contributed by atoms with Crippen LogP contribution in [-0.2, 0) is 21.3 Å². The summed E-state index contributed by atoms with van der Waals surface area (Å²) in [5.74, 6) is -1.43. The fourth-order valence-corrected chi connectivity index (χ4v) is 3.39. The standard InChI is InChI=1S/C20H17ClF3N3O3/c1-2-19(12-6-8-14(21)9-7-12)17(29)27(18(30)26-19)11-16(28)25-15-5-3-4-13(10-15)20(22,23)24/h3-10H,2,11H2,1H3,(H,25,28)(H,26,30). The van der Waals surface area contributed by atoms with Crippen molar-refractivity contribution in [3.8, 4) is 0 Å². The van der Waals surface area contributed by atoms with Crippen LogP contribution >= 0.6 is 11.6 Å². The highest BCUT2D eigenvalue weighted by atomic mass is 35.5. The summed E-state index contributed by atoms with van der Waals surface area (Å²) in [6.45, 7) is 1.06. The van der Waals surface area contributed by atoms with Gasteiger partial charge in [0.25, 0.3) is 5.91 Å². The Morgan fingerprint density at radius 1 is 1.17 bits per heavy atom. The molecule has 3 rings (SSSR count). The summed E-state index contributed by atoms with van der Waals surface area (Å²) in [5.41, 5.74) is -1.86. The minimum atomic E-state index is -4.56. The third-order valence-corrected chi connectivity index (χ3v) is 5.07. The maximum absolute atomic E-state index is 13.0. The number of halogens is 4. The molecule has 2 aromatic carbocycles. The largest absolute Gasteiger partial charge is 0.416 e. The molecule has 6 nitrogen and oxygen atoms in total. The first kappa shape index (κ1) is 21.6. The van der Waals surface area contributed by atoms with Crippen molar-refractivity contribution in [2.75, 3.05) is 11.9 Å². The van der Waals surface area contributed by atoms with E-state index >= 15 is 0 Å². The number of hydrogen-bond donors (Lipinski definition) is 2. The molecule has 1 heterocycles. The van der Waals surface area contributed by atoms with Crippen LogP contribution in [-0.4, -0.2) is 29.3 Å². The highest BCUT2D eigenvalue weighted by molar-refractivity contribution is 6.30. The fourth-order valence-electron chi connectivity index (χ4n) is 3.26. The fraction of sp³-hybridized carbons (Fsp3) is 0.250. The van der Waals surface area contributed by atoms with E-state index in [4.69, 9.17) is 11.6 Å². The van der Waals surface area contributed by atoms with Gasteiger partial charge in [0.15, 0.2) is 0 Å². The zero-order chi connectivity index (χ0) is 22.1. The molecule has 0 bridgehead atoms. The predicted molar refractivity (Wildman–Crippen MR) is 104 cm³/mol. The van der Waals surface area contributed by atoms with Gasteiger partial charge in [-0.15, -0.1) is 0 Å². The molecule has 4 amide bonds. The minimum absolute atomic E-state index is 0.0960. The molecule has 1 aliphatic heterocycles. The SMILES string of the molecule is CCC1(c2ccc(Cl)cc2)NC(=O)N(CC(=O)Nc2cccc(C(F)(F)F)c2)C1=O. The average Bonchev–Trinajstić information content (AvgIpc) is 2.93. The van der Waals surface area contributed by atoms with Crippen molar-refractivity contribution in [3.63, 3.8) is 0 Å². The number of carbonyl (C=O) groups is 3. The van der Waals surface area contributed by atoms with E-state index in [1.165, 1.54) is 6.07 Å². The van der Waals surface area contributed by atoms with Crippen LogP contribution < -0.4 is 10.6 Å². The van der Waals surface area contributed by atoms with Crippen molar-refractivity contribution in [1.82, 2.24) is 10.2 Å². The van der Waals surface area contributed by atoms with Gasteiger partial charge in [0, 0.05) is 10.7 Å². The van der Waals surface area contributed by atoms with E-state index in [1.807, 2.05) is 0 Å². The van der Waals surface area contributed by atoms with Crippen LogP contribution in [0.4, 0.5) is 23.7 Å². The van der Waals surface area contributed by atoms with Gasteiger partial charge in [0.1, 0.15) is 12.1 Å². The van der Waals surface area contributed by atoms with Crippen LogP contribution in [0, 0.1) is 0 Å². The molecule has 1 atom stereocenters. The molecule has 1 aliphatic rings. The van der Waals surface area contributed by atoms with Crippen LogP contribution in [0.3, 0.4) is 0 Å². The van der Waals surface area contributed by atoms with Gasteiger partial charge in [0.05, 0.1) is 5.56 Å². The Balaban J connectivity index is 1.77. The molecule has 1 fully saturated rings. The summed E-state index contributed by atoms with van der Waals surface area (Å²) in [6, 6.07) is 9.68. The third kappa shape index (κ3) is 4.11. The van der Waals surface area contributed by atoms with Crippen LogP contribution in [0.15, 0.2) is 48.5 Å². The van der Waals surface area contributed by atoms with E-state index < -0.39 is 41.7 Å². The number of imide groups is 1. The number of nitrogens with one attached hydrogen (secondary N) is 2. The lowest BCUT2D eigenvalue weighted by Gasteiger charge is -2.25. The maximum Gasteiger partial charge on any atom is 0.416 e. The third-order valence-electron chi connectivity index (χ3n) is 4.82. The molecule has 10 heteroatoms. The number of benzene rings is 2. The molecular weight excluding hydrogens is 423 g/mol.